The van der Waals surface area contributed by atoms with E-state index >= 15 is 0 Å². The maximum absolute atomic E-state index is 5.94. The molecule has 0 aliphatic carbocycles. The van der Waals surface area contributed by atoms with Gasteiger partial charge < -0.3 is 19.8 Å². The third-order valence-electron chi connectivity index (χ3n) is 2.96. The van der Waals surface area contributed by atoms with Crippen LogP contribution in [0.25, 0.3) is 0 Å². The minimum Gasteiger partial charge on any atom is -0.443 e. The summed E-state index contributed by atoms with van der Waals surface area (Å²) < 4.78 is 10.9. The molecule has 0 bridgehead atoms. The van der Waals surface area contributed by atoms with E-state index in [9.17, 15) is 0 Å². The Morgan fingerprint density at radius 2 is 2.11 bits per heavy atom. The van der Waals surface area contributed by atoms with E-state index in [1.54, 1.807) is 0 Å². The molecule has 2 N–H and O–H groups in total. The molecule has 0 aromatic carbocycles. The molecule has 1 aliphatic rings. The van der Waals surface area contributed by atoms with E-state index in [-0.39, 0.29) is 24.0 Å². The van der Waals surface area contributed by atoms with Gasteiger partial charge in [-0.15, -0.1) is 24.0 Å². The molecule has 2 heterocycles. The average molecular weight is 380 g/mol. The van der Waals surface area contributed by atoms with E-state index in [4.69, 9.17) is 14.9 Å². The van der Waals surface area contributed by atoms with Gasteiger partial charge in [0.05, 0.1) is 18.9 Å². The maximum atomic E-state index is 5.94. The van der Waals surface area contributed by atoms with Crippen molar-refractivity contribution in [2.45, 2.75) is 26.8 Å². The number of nitrogens with zero attached hydrogens (tertiary/aromatic N) is 3. The van der Waals surface area contributed by atoms with Gasteiger partial charge in [-0.05, 0) is 6.92 Å². The topological polar surface area (TPSA) is 76.9 Å². The number of ether oxygens (including phenoxy) is 1. The fraction of sp³-hybridized carbons (Fsp3) is 0.667. The summed E-state index contributed by atoms with van der Waals surface area (Å²) in [5.74, 6) is 2.10. The van der Waals surface area contributed by atoms with Crippen LogP contribution >= 0.6 is 24.0 Å². The van der Waals surface area contributed by atoms with Gasteiger partial charge in [0.25, 0.3) is 0 Å². The molecule has 1 aromatic rings. The number of morpholine rings is 1. The lowest BCUT2D eigenvalue weighted by molar-refractivity contribution is 0.0674. The number of hydrogen-bond acceptors (Lipinski definition) is 4. The van der Waals surface area contributed by atoms with Crippen LogP contribution in [-0.2, 0) is 17.7 Å². The fourth-order valence-corrected chi connectivity index (χ4v) is 1.83. The van der Waals surface area contributed by atoms with Gasteiger partial charge in [0.1, 0.15) is 12.3 Å². The van der Waals surface area contributed by atoms with E-state index in [2.05, 4.69) is 9.98 Å². The summed E-state index contributed by atoms with van der Waals surface area (Å²) in [6.07, 6.45) is 0.795. The second kappa shape index (κ2) is 7.68. The lowest BCUT2D eigenvalue weighted by atomic mass is 10.4. The van der Waals surface area contributed by atoms with Crippen molar-refractivity contribution < 1.29 is 9.15 Å². The SMILES string of the molecule is CCc1nc(C)c(CN=C(N)N2CCOCC2)o1.I. The molecule has 0 atom stereocenters. The first-order valence-corrected chi connectivity index (χ1v) is 6.28. The van der Waals surface area contributed by atoms with Crippen LogP contribution in [0.4, 0.5) is 0 Å². The van der Waals surface area contributed by atoms with Gasteiger partial charge in [-0.25, -0.2) is 9.98 Å². The van der Waals surface area contributed by atoms with Gasteiger partial charge in [0.2, 0.25) is 0 Å². The average Bonchev–Trinajstić information content (AvgIpc) is 2.77. The Bertz CT molecular complexity index is 427. The summed E-state index contributed by atoms with van der Waals surface area (Å²) in [5, 5.41) is 0. The normalized spacial score (nSPS) is 16.3. The van der Waals surface area contributed by atoms with Crippen molar-refractivity contribution in [3.63, 3.8) is 0 Å². The largest absolute Gasteiger partial charge is 0.443 e. The molecule has 108 valence electrons. The molecule has 7 heteroatoms. The van der Waals surface area contributed by atoms with Crippen molar-refractivity contribution in [1.29, 1.82) is 0 Å². The molecule has 1 aliphatic heterocycles. The number of guanidine groups is 1. The number of aliphatic imine (C=N–C) groups is 1. The highest BCUT2D eigenvalue weighted by Crippen LogP contribution is 2.12. The Balaban J connectivity index is 0.00000180. The van der Waals surface area contributed by atoms with Crippen molar-refractivity contribution in [3.05, 3.63) is 17.3 Å². The number of oxazole rings is 1. The van der Waals surface area contributed by atoms with Gasteiger partial charge in [-0.1, -0.05) is 6.92 Å². The highest BCUT2D eigenvalue weighted by molar-refractivity contribution is 14.0. The highest BCUT2D eigenvalue weighted by Gasteiger charge is 2.13. The molecule has 0 unspecified atom stereocenters. The lowest BCUT2D eigenvalue weighted by Crippen LogP contribution is -2.44. The minimum absolute atomic E-state index is 0. The van der Waals surface area contributed by atoms with Crippen LogP contribution in [0.2, 0.25) is 0 Å². The first kappa shape index (κ1) is 16.2. The summed E-state index contributed by atoms with van der Waals surface area (Å²) in [6.45, 7) is 7.39. The molecule has 19 heavy (non-hydrogen) atoms. The lowest BCUT2D eigenvalue weighted by Gasteiger charge is -2.27. The van der Waals surface area contributed by atoms with Crippen LogP contribution in [0.5, 0.6) is 0 Å². The standard InChI is InChI=1S/C12H20N4O2.HI/c1-3-11-15-9(2)10(18-11)8-14-12(13)16-4-6-17-7-5-16;/h3-8H2,1-2H3,(H2,13,14);1H. The summed E-state index contributed by atoms with van der Waals surface area (Å²) in [6, 6.07) is 0. The first-order valence-electron chi connectivity index (χ1n) is 6.28. The number of halogens is 1. The number of nitrogens with two attached hydrogens (primary N) is 1. The van der Waals surface area contributed by atoms with Crippen molar-refractivity contribution >= 4 is 29.9 Å². The van der Waals surface area contributed by atoms with Crippen LogP contribution < -0.4 is 5.73 Å². The second-order valence-electron chi connectivity index (χ2n) is 4.24. The zero-order valence-corrected chi connectivity index (χ0v) is 13.7. The Morgan fingerprint density at radius 1 is 1.42 bits per heavy atom. The van der Waals surface area contributed by atoms with Gasteiger partial charge in [-0.3, -0.25) is 0 Å². The molecule has 0 saturated carbocycles. The summed E-state index contributed by atoms with van der Waals surface area (Å²) in [5.41, 5.74) is 6.84. The molecule has 0 amide bonds. The van der Waals surface area contributed by atoms with Crippen molar-refractivity contribution in [3.8, 4) is 0 Å². The highest BCUT2D eigenvalue weighted by atomic mass is 127. The zero-order valence-electron chi connectivity index (χ0n) is 11.4. The van der Waals surface area contributed by atoms with Crippen LogP contribution in [0.15, 0.2) is 9.41 Å². The van der Waals surface area contributed by atoms with Gasteiger partial charge in [0.15, 0.2) is 11.9 Å². The van der Waals surface area contributed by atoms with E-state index in [1.807, 2.05) is 18.7 Å². The van der Waals surface area contributed by atoms with Gasteiger partial charge >= 0.3 is 0 Å². The third-order valence-corrected chi connectivity index (χ3v) is 2.96. The molecule has 0 radical (unpaired) electrons. The minimum atomic E-state index is 0. The quantitative estimate of drug-likeness (QED) is 0.486. The van der Waals surface area contributed by atoms with E-state index in [1.165, 1.54) is 0 Å². The van der Waals surface area contributed by atoms with Gasteiger partial charge in [-0.2, -0.15) is 0 Å². The number of rotatable bonds is 3. The van der Waals surface area contributed by atoms with Gasteiger partial charge in [0, 0.05) is 19.5 Å². The molecule has 1 aromatic heterocycles. The van der Waals surface area contributed by atoms with Crippen molar-refractivity contribution in [2.24, 2.45) is 10.7 Å². The predicted octanol–water partition coefficient (Wildman–Crippen LogP) is 1.31. The van der Waals surface area contributed by atoms with Crippen LogP contribution in [0.1, 0.15) is 24.3 Å². The third kappa shape index (κ3) is 4.34. The molecular weight excluding hydrogens is 359 g/mol. The van der Waals surface area contributed by atoms with E-state index < -0.39 is 0 Å². The molecular formula is C12H21IN4O2. The second-order valence-corrected chi connectivity index (χ2v) is 4.24. The van der Waals surface area contributed by atoms with Crippen LogP contribution in [0, 0.1) is 6.92 Å². The Hall–Kier alpha value is -0.830. The summed E-state index contributed by atoms with van der Waals surface area (Å²) in [7, 11) is 0. The monoisotopic (exact) mass is 380 g/mol. The van der Waals surface area contributed by atoms with E-state index in [0.29, 0.717) is 25.7 Å². The Labute approximate surface area is 130 Å². The number of aromatic nitrogens is 1. The number of hydrogen-bond donors (Lipinski definition) is 1. The fourth-order valence-electron chi connectivity index (χ4n) is 1.83. The zero-order chi connectivity index (χ0) is 13.0. The molecule has 6 nitrogen and oxygen atoms in total. The van der Waals surface area contributed by atoms with Crippen LogP contribution in [-0.4, -0.2) is 42.1 Å². The van der Waals surface area contributed by atoms with Crippen LogP contribution in [0.3, 0.4) is 0 Å². The molecule has 1 fully saturated rings. The first-order chi connectivity index (χ1) is 8.70. The molecule has 0 spiro atoms. The maximum Gasteiger partial charge on any atom is 0.194 e. The predicted molar refractivity (Wildman–Crippen MR) is 83.8 cm³/mol. The number of aryl methyl sites for hydroxylation is 2. The summed E-state index contributed by atoms with van der Waals surface area (Å²) >= 11 is 0. The smallest absolute Gasteiger partial charge is 0.194 e. The van der Waals surface area contributed by atoms with Crippen molar-refractivity contribution in [2.75, 3.05) is 26.3 Å². The Morgan fingerprint density at radius 3 is 2.68 bits per heavy atom. The Kier molecular flexibility index (Phi) is 6.56. The summed E-state index contributed by atoms with van der Waals surface area (Å²) in [4.78, 5) is 10.7. The van der Waals surface area contributed by atoms with Crippen molar-refractivity contribution in [1.82, 2.24) is 9.88 Å². The van der Waals surface area contributed by atoms with E-state index in [0.717, 1.165) is 36.9 Å². The molecule has 1 saturated heterocycles. The molecule has 2 rings (SSSR count).